The highest BCUT2D eigenvalue weighted by Crippen LogP contribution is 2.32. The maximum Gasteiger partial charge on any atom is 0.416 e. The standard InChI is InChI=1S/C22H23F3N4O4/c23-22(24,25)16-2-1-3-17(13-16)27-21(26-6-7-29-8-10-31-11-9-29)28-20(30)15-4-5-18-19(12-15)33-14-32-18/h1-5,12-13H,6-11,14H2,(H2,26,27,28,30). The number of ether oxygens (including phenoxy) is 3. The summed E-state index contributed by atoms with van der Waals surface area (Å²) in [5.74, 6) is 0.537. The number of aliphatic imine (C=N–C) groups is 1. The minimum Gasteiger partial charge on any atom is -0.454 e. The van der Waals surface area contributed by atoms with Gasteiger partial charge in [0.2, 0.25) is 12.8 Å². The number of guanidine groups is 1. The average Bonchev–Trinajstić information content (AvgIpc) is 3.27. The molecular formula is C22H23F3N4O4. The smallest absolute Gasteiger partial charge is 0.416 e. The molecule has 2 aromatic rings. The first-order valence-corrected chi connectivity index (χ1v) is 10.4. The van der Waals surface area contributed by atoms with Crippen molar-refractivity contribution >= 4 is 17.6 Å². The lowest BCUT2D eigenvalue weighted by Crippen LogP contribution is -2.39. The van der Waals surface area contributed by atoms with E-state index in [0.29, 0.717) is 43.4 Å². The van der Waals surface area contributed by atoms with Crippen LogP contribution in [0.25, 0.3) is 0 Å². The third kappa shape index (κ3) is 6.14. The predicted molar refractivity (Wildman–Crippen MR) is 115 cm³/mol. The summed E-state index contributed by atoms with van der Waals surface area (Å²) in [5.41, 5.74) is -0.353. The Balaban J connectivity index is 1.49. The summed E-state index contributed by atoms with van der Waals surface area (Å²) in [7, 11) is 0. The second-order valence-electron chi connectivity index (χ2n) is 7.41. The van der Waals surface area contributed by atoms with E-state index in [0.717, 1.165) is 25.2 Å². The molecule has 2 aliphatic heterocycles. The van der Waals surface area contributed by atoms with Gasteiger partial charge in [-0.3, -0.25) is 20.0 Å². The Morgan fingerprint density at radius 3 is 2.64 bits per heavy atom. The van der Waals surface area contributed by atoms with Crippen LogP contribution < -0.4 is 20.1 Å². The van der Waals surface area contributed by atoms with Gasteiger partial charge in [-0.15, -0.1) is 0 Å². The number of benzene rings is 2. The fourth-order valence-electron chi connectivity index (χ4n) is 3.37. The zero-order chi connectivity index (χ0) is 23.3. The molecule has 0 spiro atoms. The van der Waals surface area contributed by atoms with Crippen LogP contribution in [0.15, 0.2) is 47.5 Å². The quantitative estimate of drug-likeness (QED) is 0.523. The number of carbonyl (C=O) groups is 1. The van der Waals surface area contributed by atoms with Crippen LogP contribution in [0.3, 0.4) is 0 Å². The molecule has 176 valence electrons. The fourth-order valence-corrected chi connectivity index (χ4v) is 3.37. The third-order valence-electron chi connectivity index (χ3n) is 5.11. The van der Waals surface area contributed by atoms with Gasteiger partial charge >= 0.3 is 6.18 Å². The molecule has 0 atom stereocenters. The normalized spacial score (nSPS) is 16.5. The highest BCUT2D eigenvalue weighted by Gasteiger charge is 2.30. The Morgan fingerprint density at radius 2 is 1.85 bits per heavy atom. The van der Waals surface area contributed by atoms with Crippen molar-refractivity contribution in [2.45, 2.75) is 6.18 Å². The summed E-state index contributed by atoms with van der Waals surface area (Å²) in [6.45, 7) is 3.86. The van der Waals surface area contributed by atoms with E-state index >= 15 is 0 Å². The highest BCUT2D eigenvalue weighted by atomic mass is 19.4. The van der Waals surface area contributed by atoms with Gasteiger partial charge in [-0.25, -0.2) is 0 Å². The lowest BCUT2D eigenvalue weighted by molar-refractivity contribution is -0.137. The summed E-state index contributed by atoms with van der Waals surface area (Å²) in [5, 5.41) is 5.45. The lowest BCUT2D eigenvalue weighted by atomic mass is 10.2. The number of carbonyl (C=O) groups excluding carboxylic acids is 1. The molecule has 4 rings (SSSR count). The Labute approximate surface area is 188 Å². The lowest BCUT2D eigenvalue weighted by Gasteiger charge is -2.25. The summed E-state index contributed by atoms with van der Waals surface area (Å²) < 4.78 is 55.1. The van der Waals surface area contributed by atoms with Crippen LogP contribution in [-0.2, 0) is 10.9 Å². The first kappa shape index (κ1) is 22.9. The molecule has 33 heavy (non-hydrogen) atoms. The van der Waals surface area contributed by atoms with Crippen molar-refractivity contribution in [3.8, 4) is 11.5 Å². The van der Waals surface area contributed by atoms with Crippen molar-refractivity contribution in [3.63, 3.8) is 0 Å². The van der Waals surface area contributed by atoms with Crippen LogP contribution in [-0.4, -0.2) is 63.0 Å². The largest absolute Gasteiger partial charge is 0.454 e. The van der Waals surface area contributed by atoms with E-state index in [4.69, 9.17) is 14.2 Å². The number of alkyl halides is 3. The Kier molecular flexibility index (Phi) is 6.99. The zero-order valence-electron chi connectivity index (χ0n) is 17.7. The first-order valence-electron chi connectivity index (χ1n) is 10.4. The third-order valence-corrected chi connectivity index (χ3v) is 5.11. The molecule has 0 saturated carbocycles. The van der Waals surface area contributed by atoms with Crippen molar-refractivity contribution in [1.29, 1.82) is 0 Å². The van der Waals surface area contributed by atoms with Gasteiger partial charge in [0, 0.05) is 30.9 Å². The molecule has 1 amide bonds. The van der Waals surface area contributed by atoms with Crippen molar-refractivity contribution in [3.05, 3.63) is 53.6 Å². The van der Waals surface area contributed by atoms with Crippen LogP contribution in [0.1, 0.15) is 15.9 Å². The predicted octanol–water partition coefficient (Wildman–Crippen LogP) is 2.96. The number of nitrogens with one attached hydrogen (secondary N) is 2. The second-order valence-corrected chi connectivity index (χ2v) is 7.41. The number of fused-ring (bicyclic) bond motifs is 1. The molecule has 0 unspecified atom stereocenters. The van der Waals surface area contributed by atoms with Crippen LogP contribution in [0.2, 0.25) is 0 Å². The highest BCUT2D eigenvalue weighted by molar-refractivity contribution is 6.10. The van der Waals surface area contributed by atoms with E-state index in [1.165, 1.54) is 18.2 Å². The van der Waals surface area contributed by atoms with Gasteiger partial charge in [-0.05, 0) is 36.4 Å². The monoisotopic (exact) mass is 464 g/mol. The molecule has 1 saturated heterocycles. The van der Waals surface area contributed by atoms with Crippen molar-refractivity contribution in [1.82, 2.24) is 10.2 Å². The number of nitrogens with zero attached hydrogens (tertiary/aromatic N) is 2. The van der Waals surface area contributed by atoms with Gasteiger partial charge in [-0.1, -0.05) is 6.07 Å². The molecule has 0 aromatic heterocycles. The van der Waals surface area contributed by atoms with E-state index < -0.39 is 17.6 Å². The molecule has 2 aromatic carbocycles. The number of halogens is 3. The summed E-state index contributed by atoms with van der Waals surface area (Å²) >= 11 is 0. The number of hydrogen-bond donors (Lipinski definition) is 2. The zero-order valence-corrected chi connectivity index (χ0v) is 17.7. The molecule has 0 aliphatic carbocycles. The molecule has 0 radical (unpaired) electrons. The van der Waals surface area contributed by atoms with Gasteiger partial charge in [0.15, 0.2) is 11.5 Å². The Morgan fingerprint density at radius 1 is 1.06 bits per heavy atom. The molecule has 8 nitrogen and oxygen atoms in total. The van der Waals surface area contributed by atoms with Crippen LogP contribution in [0, 0.1) is 0 Å². The fraction of sp³-hybridized carbons (Fsp3) is 0.364. The minimum atomic E-state index is -4.49. The van der Waals surface area contributed by atoms with E-state index in [-0.39, 0.29) is 18.4 Å². The molecule has 11 heteroatoms. The molecule has 2 N–H and O–H groups in total. The topological polar surface area (TPSA) is 84.4 Å². The summed E-state index contributed by atoms with van der Waals surface area (Å²) in [6.07, 6.45) is -4.49. The van der Waals surface area contributed by atoms with Gasteiger partial charge in [0.25, 0.3) is 5.91 Å². The average molecular weight is 464 g/mol. The van der Waals surface area contributed by atoms with Crippen LogP contribution >= 0.6 is 0 Å². The van der Waals surface area contributed by atoms with Crippen molar-refractivity contribution < 1.29 is 32.2 Å². The molecule has 0 bridgehead atoms. The van der Waals surface area contributed by atoms with Gasteiger partial charge < -0.3 is 19.5 Å². The Bertz CT molecular complexity index is 1020. The van der Waals surface area contributed by atoms with E-state index in [1.807, 2.05) is 0 Å². The molecule has 2 heterocycles. The van der Waals surface area contributed by atoms with Gasteiger partial charge in [-0.2, -0.15) is 13.2 Å². The molecular weight excluding hydrogens is 441 g/mol. The maximum absolute atomic E-state index is 13.1. The number of hydrogen-bond acceptors (Lipinski definition) is 6. The van der Waals surface area contributed by atoms with E-state index in [1.54, 1.807) is 12.1 Å². The van der Waals surface area contributed by atoms with Crippen LogP contribution in [0.4, 0.5) is 18.9 Å². The number of anilines is 1. The molecule has 2 aliphatic rings. The number of morpholine rings is 1. The Hall–Kier alpha value is -3.31. The first-order chi connectivity index (χ1) is 15.9. The number of amides is 1. The van der Waals surface area contributed by atoms with Gasteiger partial charge in [0.1, 0.15) is 0 Å². The van der Waals surface area contributed by atoms with E-state index in [2.05, 4.69) is 20.5 Å². The minimum absolute atomic E-state index is 0.0465. The van der Waals surface area contributed by atoms with E-state index in [9.17, 15) is 18.0 Å². The number of rotatable bonds is 5. The van der Waals surface area contributed by atoms with Gasteiger partial charge in [0.05, 0.1) is 25.3 Å². The van der Waals surface area contributed by atoms with Crippen molar-refractivity contribution in [2.75, 3.05) is 51.5 Å². The van der Waals surface area contributed by atoms with Crippen LogP contribution in [0.5, 0.6) is 11.5 Å². The SMILES string of the molecule is O=C(NC(=NCCN1CCOCC1)Nc1cccc(C(F)(F)F)c1)c1ccc2c(c1)OCO2. The second kappa shape index (κ2) is 10.1. The summed E-state index contributed by atoms with van der Waals surface area (Å²) in [6, 6.07) is 9.42. The summed E-state index contributed by atoms with van der Waals surface area (Å²) in [4.78, 5) is 19.4. The molecule has 1 fully saturated rings. The maximum atomic E-state index is 13.1. The van der Waals surface area contributed by atoms with Crippen molar-refractivity contribution in [2.24, 2.45) is 4.99 Å².